The Morgan fingerprint density at radius 3 is 2.69 bits per heavy atom. The summed E-state index contributed by atoms with van der Waals surface area (Å²) in [5.74, 6) is 0. The van der Waals surface area contributed by atoms with Gasteiger partial charge in [-0.25, -0.2) is 13.8 Å². The van der Waals surface area contributed by atoms with Crippen molar-refractivity contribution in [2.24, 2.45) is 0 Å². The summed E-state index contributed by atoms with van der Waals surface area (Å²) in [7, 11) is 0. The number of aromatic nitrogens is 1. The summed E-state index contributed by atoms with van der Waals surface area (Å²) in [6, 6.07) is 1.70. The normalized spacial score (nSPS) is 10.2. The van der Waals surface area contributed by atoms with Crippen LogP contribution in [0.2, 0.25) is 0 Å². The molecule has 0 aliphatic carbocycles. The summed E-state index contributed by atoms with van der Waals surface area (Å²) in [5, 5.41) is 8.56. The molecule has 0 atom stereocenters. The lowest BCUT2D eigenvalue weighted by Crippen LogP contribution is -1.99. The van der Waals surface area contributed by atoms with E-state index < -0.39 is 6.43 Å². The Labute approximate surface area is 87.7 Å². The van der Waals surface area contributed by atoms with Crippen LogP contribution in [0.5, 0.6) is 0 Å². The average molecular weight is 294 g/mol. The third-order valence-corrected chi connectivity index (χ3v) is 2.74. The van der Waals surface area contributed by atoms with E-state index in [0.29, 0.717) is 9.26 Å². The highest BCUT2D eigenvalue weighted by Crippen LogP contribution is 2.27. The Balaban J connectivity index is 3.43. The average Bonchev–Trinajstić information content (AvgIpc) is 2.08. The van der Waals surface area contributed by atoms with Gasteiger partial charge in [0.05, 0.1) is 5.56 Å². The molecule has 0 aliphatic rings. The summed E-state index contributed by atoms with van der Waals surface area (Å²) < 4.78 is 25.5. The fourth-order valence-corrected chi connectivity index (χ4v) is 1.40. The van der Waals surface area contributed by atoms with E-state index in [2.05, 4.69) is 4.98 Å². The SMILES string of the molecule is Cc1c(I)ncc(C#N)c1C(F)F. The minimum Gasteiger partial charge on any atom is -0.249 e. The standard InChI is InChI=1S/C8H5F2IN2/c1-4-6(7(9)10)5(2-12)3-13-8(4)11/h3,7H,1H3. The number of halogens is 3. The van der Waals surface area contributed by atoms with Gasteiger partial charge in [0.1, 0.15) is 9.77 Å². The van der Waals surface area contributed by atoms with Crippen LogP contribution >= 0.6 is 22.6 Å². The maximum absolute atomic E-state index is 12.5. The molecule has 0 fully saturated rings. The molecule has 1 heterocycles. The number of alkyl halides is 2. The van der Waals surface area contributed by atoms with Crippen molar-refractivity contribution in [1.82, 2.24) is 4.98 Å². The van der Waals surface area contributed by atoms with Crippen LogP contribution in [-0.4, -0.2) is 4.98 Å². The van der Waals surface area contributed by atoms with Crippen molar-refractivity contribution in [3.8, 4) is 6.07 Å². The zero-order chi connectivity index (χ0) is 10.0. The van der Waals surface area contributed by atoms with Gasteiger partial charge < -0.3 is 0 Å². The Hall–Kier alpha value is -0.770. The van der Waals surface area contributed by atoms with Crippen LogP contribution in [0.3, 0.4) is 0 Å². The summed E-state index contributed by atoms with van der Waals surface area (Å²) in [6.07, 6.45) is -1.44. The van der Waals surface area contributed by atoms with Gasteiger partial charge in [-0.2, -0.15) is 5.26 Å². The molecule has 2 nitrogen and oxygen atoms in total. The molecular weight excluding hydrogens is 289 g/mol. The summed E-state index contributed by atoms with van der Waals surface area (Å²) in [6.45, 7) is 1.54. The van der Waals surface area contributed by atoms with E-state index in [9.17, 15) is 8.78 Å². The largest absolute Gasteiger partial charge is 0.265 e. The van der Waals surface area contributed by atoms with Gasteiger partial charge in [-0.1, -0.05) is 0 Å². The molecule has 5 heteroatoms. The van der Waals surface area contributed by atoms with E-state index in [-0.39, 0.29) is 11.1 Å². The molecule has 0 bridgehead atoms. The molecule has 0 N–H and O–H groups in total. The Kier molecular flexibility index (Phi) is 3.14. The Bertz CT molecular complexity index is 371. The van der Waals surface area contributed by atoms with Crippen LogP contribution in [0.25, 0.3) is 0 Å². The van der Waals surface area contributed by atoms with Crippen LogP contribution in [0.15, 0.2) is 6.20 Å². The summed E-state index contributed by atoms with van der Waals surface area (Å²) in [4.78, 5) is 3.82. The lowest BCUT2D eigenvalue weighted by atomic mass is 10.1. The molecule has 1 aromatic rings. The van der Waals surface area contributed by atoms with Crippen molar-refractivity contribution in [3.63, 3.8) is 0 Å². The van der Waals surface area contributed by atoms with Crippen molar-refractivity contribution in [2.45, 2.75) is 13.3 Å². The van der Waals surface area contributed by atoms with Gasteiger partial charge in [-0.05, 0) is 35.1 Å². The van der Waals surface area contributed by atoms with Crippen molar-refractivity contribution >= 4 is 22.6 Å². The van der Waals surface area contributed by atoms with E-state index in [0.717, 1.165) is 0 Å². The highest BCUT2D eigenvalue weighted by Gasteiger charge is 2.18. The second-order valence-electron chi connectivity index (χ2n) is 2.41. The zero-order valence-electron chi connectivity index (χ0n) is 6.68. The smallest absolute Gasteiger partial charge is 0.249 e. The number of nitrogens with zero attached hydrogens (tertiary/aromatic N) is 2. The first kappa shape index (κ1) is 10.3. The Morgan fingerprint density at radius 1 is 1.62 bits per heavy atom. The second-order valence-corrected chi connectivity index (χ2v) is 3.44. The minimum absolute atomic E-state index is 0.0482. The van der Waals surface area contributed by atoms with E-state index in [1.54, 1.807) is 6.07 Å². The maximum Gasteiger partial charge on any atom is 0.265 e. The highest BCUT2D eigenvalue weighted by atomic mass is 127. The molecule has 0 saturated heterocycles. The number of nitriles is 1. The maximum atomic E-state index is 12.5. The monoisotopic (exact) mass is 294 g/mol. The minimum atomic E-state index is -2.62. The third-order valence-electron chi connectivity index (χ3n) is 1.65. The molecule has 0 aliphatic heterocycles. The van der Waals surface area contributed by atoms with Crippen molar-refractivity contribution in [2.75, 3.05) is 0 Å². The summed E-state index contributed by atoms with van der Waals surface area (Å²) in [5.41, 5.74) is 0.129. The van der Waals surface area contributed by atoms with E-state index in [1.165, 1.54) is 13.1 Å². The second kappa shape index (κ2) is 3.96. The zero-order valence-corrected chi connectivity index (χ0v) is 8.84. The predicted octanol–water partition coefficient (Wildman–Crippen LogP) is 2.80. The lowest BCUT2D eigenvalue weighted by Gasteiger charge is -2.07. The first-order chi connectivity index (χ1) is 6.07. The molecule has 13 heavy (non-hydrogen) atoms. The molecule has 1 rings (SSSR count). The molecule has 68 valence electrons. The predicted molar refractivity (Wildman–Crippen MR) is 51.4 cm³/mol. The Morgan fingerprint density at radius 2 is 2.23 bits per heavy atom. The molecule has 1 aromatic heterocycles. The van der Waals surface area contributed by atoms with Gasteiger partial charge >= 0.3 is 0 Å². The molecule has 0 saturated carbocycles. The summed E-state index contributed by atoms with van der Waals surface area (Å²) >= 11 is 1.86. The quantitative estimate of drug-likeness (QED) is 0.590. The van der Waals surface area contributed by atoms with Gasteiger partial charge in [0.25, 0.3) is 6.43 Å². The number of rotatable bonds is 1. The van der Waals surface area contributed by atoms with Crippen LogP contribution in [0.1, 0.15) is 23.1 Å². The van der Waals surface area contributed by atoms with Crippen molar-refractivity contribution < 1.29 is 8.78 Å². The van der Waals surface area contributed by atoms with E-state index in [4.69, 9.17) is 5.26 Å². The molecule has 0 unspecified atom stereocenters. The van der Waals surface area contributed by atoms with Crippen molar-refractivity contribution in [3.05, 3.63) is 26.6 Å². The van der Waals surface area contributed by atoms with Crippen LogP contribution in [0.4, 0.5) is 8.78 Å². The topological polar surface area (TPSA) is 36.7 Å². The van der Waals surface area contributed by atoms with Gasteiger partial charge in [0, 0.05) is 11.8 Å². The van der Waals surface area contributed by atoms with Crippen LogP contribution < -0.4 is 0 Å². The van der Waals surface area contributed by atoms with E-state index in [1.807, 2.05) is 22.6 Å². The molecule has 0 radical (unpaired) electrons. The van der Waals surface area contributed by atoms with Crippen LogP contribution in [-0.2, 0) is 0 Å². The first-order valence-corrected chi connectivity index (χ1v) is 4.49. The van der Waals surface area contributed by atoms with Crippen LogP contribution in [0, 0.1) is 22.0 Å². The number of pyridine rings is 1. The lowest BCUT2D eigenvalue weighted by molar-refractivity contribution is 0.150. The van der Waals surface area contributed by atoms with E-state index >= 15 is 0 Å². The molecule has 0 amide bonds. The van der Waals surface area contributed by atoms with Gasteiger partial charge in [0.2, 0.25) is 0 Å². The number of hydrogen-bond donors (Lipinski definition) is 0. The van der Waals surface area contributed by atoms with Gasteiger partial charge in [0.15, 0.2) is 0 Å². The molecular formula is C8H5F2IN2. The fraction of sp³-hybridized carbons (Fsp3) is 0.250. The number of hydrogen-bond acceptors (Lipinski definition) is 2. The third kappa shape index (κ3) is 1.94. The highest BCUT2D eigenvalue weighted by molar-refractivity contribution is 14.1. The fourth-order valence-electron chi connectivity index (χ4n) is 0.971. The first-order valence-electron chi connectivity index (χ1n) is 3.41. The van der Waals surface area contributed by atoms with Gasteiger partial charge in [-0.3, -0.25) is 0 Å². The molecule has 0 spiro atoms. The molecule has 0 aromatic carbocycles. The van der Waals surface area contributed by atoms with Crippen molar-refractivity contribution in [1.29, 1.82) is 5.26 Å². The van der Waals surface area contributed by atoms with Gasteiger partial charge in [-0.15, -0.1) is 0 Å².